The van der Waals surface area contributed by atoms with Crippen LogP contribution in [0.2, 0.25) is 0 Å². The molecule has 0 spiro atoms. The molecule has 0 aromatic rings. The quantitative estimate of drug-likeness (QED) is 0.486. The van der Waals surface area contributed by atoms with E-state index in [0.29, 0.717) is 0 Å². The second-order valence-electron chi connectivity index (χ2n) is 3.22. The molecule has 1 N–H and O–H groups in total. The summed E-state index contributed by atoms with van der Waals surface area (Å²) in [6.45, 7) is 5.60. The average Bonchev–Trinajstić information content (AvgIpc) is 2.07. The van der Waals surface area contributed by atoms with Crippen molar-refractivity contribution in [3.05, 3.63) is 12.7 Å². The number of nitrogens with one attached hydrogen (secondary N) is 1. The maximum atomic E-state index is 10.8. The summed E-state index contributed by atoms with van der Waals surface area (Å²) in [4.78, 5) is 10.8. The van der Waals surface area contributed by atoms with Gasteiger partial charge in [-0.25, -0.2) is 0 Å². The maximum Gasteiger partial charge on any atom is 0.126 e. The van der Waals surface area contributed by atoms with Crippen LogP contribution in [0.4, 0.5) is 0 Å². The van der Waals surface area contributed by atoms with Gasteiger partial charge < -0.3 is 10.1 Å². The van der Waals surface area contributed by atoms with Crippen LogP contribution in [0, 0.1) is 5.41 Å². The highest BCUT2D eigenvalue weighted by Crippen LogP contribution is 2.30. The van der Waals surface area contributed by atoms with E-state index < -0.39 is 0 Å². The van der Waals surface area contributed by atoms with Crippen LogP contribution in [0.25, 0.3) is 0 Å². The van der Waals surface area contributed by atoms with E-state index in [1.165, 1.54) is 0 Å². The Labute approximate surface area is 67.7 Å². The fourth-order valence-corrected chi connectivity index (χ4v) is 1.58. The molecule has 2 nitrogen and oxygen atoms in total. The monoisotopic (exact) mass is 153 g/mol. The second-order valence-corrected chi connectivity index (χ2v) is 3.22. The van der Waals surface area contributed by atoms with Crippen LogP contribution >= 0.6 is 0 Å². The molecule has 0 saturated carbocycles. The van der Waals surface area contributed by atoms with E-state index in [0.717, 1.165) is 38.6 Å². The van der Waals surface area contributed by atoms with Gasteiger partial charge in [-0.05, 0) is 32.4 Å². The largest absolute Gasteiger partial charge is 0.317 e. The van der Waals surface area contributed by atoms with Gasteiger partial charge in [-0.3, -0.25) is 0 Å². The minimum atomic E-state index is -0.0903. The Hall–Kier alpha value is -0.630. The maximum absolute atomic E-state index is 10.8. The first-order valence-corrected chi connectivity index (χ1v) is 4.11. The van der Waals surface area contributed by atoms with Crippen molar-refractivity contribution in [2.24, 2.45) is 5.41 Å². The standard InChI is InChI=1S/C9H15NO/c1-2-3-9(8-11)4-6-10-7-5-9/h2,8,10H,1,3-7H2. The summed E-state index contributed by atoms with van der Waals surface area (Å²) in [5, 5.41) is 3.24. The molecule has 1 rings (SSSR count). The first-order valence-electron chi connectivity index (χ1n) is 4.11. The van der Waals surface area contributed by atoms with Crippen molar-refractivity contribution in [3.63, 3.8) is 0 Å². The molecule has 1 fully saturated rings. The zero-order chi connectivity index (χ0) is 8.16. The molecule has 0 bridgehead atoms. The number of hydrogen-bond donors (Lipinski definition) is 1. The minimum absolute atomic E-state index is 0.0903. The van der Waals surface area contributed by atoms with Crippen LogP contribution in [-0.4, -0.2) is 19.4 Å². The van der Waals surface area contributed by atoms with E-state index in [1.807, 2.05) is 6.08 Å². The van der Waals surface area contributed by atoms with Crippen LogP contribution in [0.15, 0.2) is 12.7 Å². The van der Waals surface area contributed by atoms with E-state index in [2.05, 4.69) is 11.9 Å². The van der Waals surface area contributed by atoms with Gasteiger partial charge in [-0.2, -0.15) is 0 Å². The number of allylic oxidation sites excluding steroid dienone is 1. The van der Waals surface area contributed by atoms with Gasteiger partial charge in [-0.15, -0.1) is 6.58 Å². The van der Waals surface area contributed by atoms with Gasteiger partial charge in [0, 0.05) is 5.41 Å². The Morgan fingerprint density at radius 3 is 2.55 bits per heavy atom. The molecule has 0 aliphatic carbocycles. The van der Waals surface area contributed by atoms with Crippen molar-refractivity contribution in [1.29, 1.82) is 0 Å². The molecule has 0 atom stereocenters. The lowest BCUT2D eigenvalue weighted by Gasteiger charge is -2.31. The molecular formula is C9H15NO. The molecule has 0 amide bonds. The topological polar surface area (TPSA) is 29.1 Å². The molecule has 1 heterocycles. The van der Waals surface area contributed by atoms with Crippen LogP contribution in [0.1, 0.15) is 19.3 Å². The number of rotatable bonds is 3. The summed E-state index contributed by atoms with van der Waals surface area (Å²) >= 11 is 0. The Kier molecular flexibility index (Phi) is 2.83. The van der Waals surface area contributed by atoms with Crippen LogP contribution in [0.5, 0.6) is 0 Å². The number of piperidine rings is 1. The van der Waals surface area contributed by atoms with Gasteiger partial charge >= 0.3 is 0 Å². The van der Waals surface area contributed by atoms with Gasteiger partial charge in [0.25, 0.3) is 0 Å². The van der Waals surface area contributed by atoms with E-state index in [9.17, 15) is 4.79 Å². The third kappa shape index (κ3) is 1.90. The van der Waals surface area contributed by atoms with Gasteiger partial charge in [-0.1, -0.05) is 6.08 Å². The number of carbonyl (C=O) groups is 1. The number of aldehydes is 1. The molecule has 1 aliphatic heterocycles. The highest BCUT2D eigenvalue weighted by atomic mass is 16.1. The zero-order valence-electron chi connectivity index (χ0n) is 6.81. The SMILES string of the molecule is C=CCC1(C=O)CCNCC1. The van der Waals surface area contributed by atoms with E-state index in [1.54, 1.807) is 0 Å². The van der Waals surface area contributed by atoms with E-state index in [4.69, 9.17) is 0 Å². The Bertz CT molecular complexity index is 148. The Morgan fingerprint density at radius 2 is 2.09 bits per heavy atom. The van der Waals surface area contributed by atoms with Crippen LogP contribution < -0.4 is 5.32 Å². The van der Waals surface area contributed by atoms with Crippen molar-refractivity contribution in [2.75, 3.05) is 13.1 Å². The third-order valence-electron chi connectivity index (χ3n) is 2.40. The van der Waals surface area contributed by atoms with Crippen molar-refractivity contribution >= 4 is 6.29 Å². The smallest absolute Gasteiger partial charge is 0.126 e. The summed E-state index contributed by atoms with van der Waals surface area (Å²) in [7, 11) is 0. The van der Waals surface area contributed by atoms with Gasteiger partial charge in [0.15, 0.2) is 0 Å². The predicted molar refractivity (Wildman–Crippen MR) is 45.4 cm³/mol. The lowest BCUT2D eigenvalue weighted by Crippen LogP contribution is -2.37. The molecular weight excluding hydrogens is 138 g/mol. The molecule has 0 aromatic heterocycles. The molecule has 0 radical (unpaired) electrons. The van der Waals surface area contributed by atoms with Crippen molar-refractivity contribution < 1.29 is 4.79 Å². The molecule has 1 aliphatic rings. The average molecular weight is 153 g/mol. The molecule has 2 heteroatoms. The minimum Gasteiger partial charge on any atom is -0.317 e. The molecule has 1 saturated heterocycles. The highest BCUT2D eigenvalue weighted by molar-refractivity contribution is 5.60. The summed E-state index contributed by atoms with van der Waals surface area (Å²) < 4.78 is 0. The summed E-state index contributed by atoms with van der Waals surface area (Å²) in [5.74, 6) is 0. The predicted octanol–water partition coefficient (Wildman–Crippen LogP) is 1.13. The summed E-state index contributed by atoms with van der Waals surface area (Å²) in [6.07, 6.45) is 5.71. The molecule has 11 heavy (non-hydrogen) atoms. The fraction of sp³-hybridized carbons (Fsp3) is 0.667. The number of carbonyl (C=O) groups excluding carboxylic acids is 1. The fourth-order valence-electron chi connectivity index (χ4n) is 1.58. The van der Waals surface area contributed by atoms with Gasteiger partial charge in [0.1, 0.15) is 6.29 Å². The van der Waals surface area contributed by atoms with E-state index >= 15 is 0 Å². The number of hydrogen-bond acceptors (Lipinski definition) is 2. The zero-order valence-corrected chi connectivity index (χ0v) is 6.81. The molecule has 0 unspecified atom stereocenters. The lowest BCUT2D eigenvalue weighted by molar-refractivity contribution is -0.117. The first-order chi connectivity index (χ1) is 5.33. The second kappa shape index (κ2) is 3.67. The molecule has 62 valence electrons. The lowest BCUT2D eigenvalue weighted by atomic mass is 9.78. The Morgan fingerprint density at radius 1 is 1.45 bits per heavy atom. The van der Waals surface area contributed by atoms with Crippen molar-refractivity contribution in [1.82, 2.24) is 5.32 Å². The third-order valence-corrected chi connectivity index (χ3v) is 2.40. The summed E-state index contributed by atoms with van der Waals surface area (Å²) in [5.41, 5.74) is -0.0903. The normalized spacial score (nSPS) is 22.5. The van der Waals surface area contributed by atoms with Crippen LogP contribution in [-0.2, 0) is 4.79 Å². The van der Waals surface area contributed by atoms with Gasteiger partial charge in [0.05, 0.1) is 0 Å². The van der Waals surface area contributed by atoms with Gasteiger partial charge in [0.2, 0.25) is 0 Å². The highest BCUT2D eigenvalue weighted by Gasteiger charge is 2.29. The summed E-state index contributed by atoms with van der Waals surface area (Å²) in [6, 6.07) is 0. The van der Waals surface area contributed by atoms with Crippen LogP contribution in [0.3, 0.4) is 0 Å². The van der Waals surface area contributed by atoms with Crippen molar-refractivity contribution in [3.8, 4) is 0 Å². The van der Waals surface area contributed by atoms with Crippen molar-refractivity contribution in [2.45, 2.75) is 19.3 Å². The first kappa shape index (κ1) is 8.47. The Balaban J connectivity index is 2.56. The van der Waals surface area contributed by atoms with E-state index in [-0.39, 0.29) is 5.41 Å². The molecule has 0 aromatic carbocycles.